The third-order valence-corrected chi connectivity index (χ3v) is 2.57. The molecule has 0 bridgehead atoms. The molecule has 1 rings (SSSR count). The van der Waals surface area contributed by atoms with Gasteiger partial charge in [0.25, 0.3) is 0 Å². The first-order chi connectivity index (χ1) is 9.13. The van der Waals surface area contributed by atoms with E-state index in [4.69, 9.17) is 22.7 Å². The number of hydrogen-bond donors (Lipinski definition) is 3. The van der Waals surface area contributed by atoms with Crippen LogP contribution in [-0.2, 0) is 9.53 Å². The standard InChI is InChI=1S/C12H18N4O2S/c1-18-7-6-16-11(17)3-5-15-10-8-9(12(13)19)2-4-14-10/h2,4,8H,3,5-7H2,1H3,(H2,13,19)(H,14,15)(H,16,17). The predicted octanol–water partition coefficient (Wildman–Crippen LogP) is 0.280. The maximum absolute atomic E-state index is 11.4. The molecule has 0 aliphatic heterocycles. The summed E-state index contributed by atoms with van der Waals surface area (Å²) in [5, 5.41) is 5.78. The van der Waals surface area contributed by atoms with Crippen LogP contribution < -0.4 is 16.4 Å². The van der Waals surface area contributed by atoms with Crippen molar-refractivity contribution in [2.24, 2.45) is 5.73 Å². The Kier molecular flexibility index (Phi) is 6.76. The van der Waals surface area contributed by atoms with Crippen LogP contribution in [0.5, 0.6) is 0 Å². The second-order valence-electron chi connectivity index (χ2n) is 3.81. The van der Waals surface area contributed by atoms with E-state index in [2.05, 4.69) is 15.6 Å². The van der Waals surface area contributed by atoms with Crippen LogP contribution in [0.2, 0.25) is 0 Å². The molecule has 0 aromatic carbocycles. The number of methoxy groups -OCH3 is 1. The van der Waals surface area contributed by atoms with Crippen LogP contribution >= 0.6 is 12.2 Å². The number of aromatic nitrogens is 1. The van der Waals surface area contributed by atoms with Crippen molar-refractivity contribution in [2.75, 3.05) is 32.1 Å². The zero-order valence-corrected chi connectivity index (χ0v) is 11.6. The quantitative estimate of drug-likeness (QED) is 0.469. The number of nitrogens with zero attached hydrogens (tertiary/aromatic N) is 1. The number of ether oxygens (including phenoxy) is 1. The van der Waals surface area contributed by atoms with Crippen LogP contribution in [0, 0.1) is 0 Å². The molecule has 19 heavy (non-hydrogen) atoms. The number of carbonyl (C=O) groups excluding carboxylic acids is 1. The first kappa shape index (κ1) is 15.3. The average molecular weight is 282 g/mol. The van der Waals surface area contributed by atoms with Gasteiger partial charge in [-0.25, -0.2) is 4.98 Å². The highest BCUT2D eigenvalue weighted by atomic mass is 32.1. The molecule has 0 aliphatic rings. The van der Waals surface area contributed by atoms with E-state index >= 15 is 0 Å². The Morgan fingerprint density at radius 3 is 3.00 bits per heavy atom. The molecule has 7 heteroatoms. The number of anilines is 1. The number of nitrogens with one attached hydrogen (secondary N) is 2. The molecule has 1 heterocycles. The number of thiocarbonyl (C=S) groups is 1. The molecule has 0 saturated carbocycles. The van der Waals surface area contributed by atoms with Crippen molar-refractivity contribution in [1.82, 2.24) is 10.3 Å². The molecule has 0 fully saturated rings. The van der Waals surface area contributed by atoms with Crippen molar-refractivity contribution < 1.29 is 9.53 Å². The van der Waals surface area contributed by atoms with Gasteiger partial charge in [-0.05, 0) is 12.1 Å². The van der Waals surface area contributed by atoms with Gasteiger partial charge in [0.15, 0.2) is 0 Å². The molecule has 1 aromatic rings. The highest BCUT2D eigenvalue weighted by Crippen LogP contribution is 2.06. The van der Waals surface area contributed by atoms with Gasteiger partial charge in [-0.15, -0.1) is 0 Å². The second-order valence-corrected chi connectivity index (χ2v) is 4.25. The monoisotopic (exact) mass is 282 g/mol. The van der Waals surface area contributed by atoms with Gasteiger partial charge >= 0.3 is 0 Å². The SMILES string of the molecule is COCCNC(=O)CCNc1cc(C(N)=S)ccn1. The third-order valence-electron chi connectivity index (χ3n) is 2.33. The van der Waals surface area contributed by atoms with E-state index in [1.54, 1.807) is 25.4 Å². The summed E-state index contributed by atoms with van der Waals surface area (Å²) in [5.41, 5.74) is 6.27. The highest BCUT2D eigenvalue weighted by molar-refractivity contribution is 7.80. The van der Waals surface area contributed by atoms with Crippen molar-refractivity contribution in [2.45, 2.75) is 6.42 Å². The average Bonchev–Trinajstić information content (AvgIpc) is 2.39. The summed E-state index contributed by atoms with van der Waals surface area (Å²) in [6, 6.07) is 3.50. The van der Waals surface area contributed by atoms with Gasteiger partial charge in [-0.2, -0.15) is 0 Å². The summed E-state index contributed by atoms with van der Waals surface area (Å²) in [4.78, 5) is 15.9. The Bertz CT molecular complexity index is 439. The Labute approximate surface area is 117 Å². The van der Waals surface area contributed by atoms with Crippen LogP contribution in [0.4, 0.5) is 5.82 Å². The van der Waals surface area contributed by atoms with Gasteiger partial charge in [0.1, 0.15) is 10.8 Å². The van der Waals surface area contributed by atoms with Gasteiger partial charge in [-0.3, -0.25) is 4.79 Å². The molecule has 1 aromatic heterocycles. The number of carbonyl (C=O) groups is 1. The molecule has 6 nitrogen and oxygen atoms in total. The molecule has 4 N–H and O–H groups in total. The lowest BCUT2D eigenvalue weighted by atomic mass is 10.2. The molecule has 104 valence electrons. The molecule has 0 saturated heterocycles. The van der Waals surface area contributed by atoms with E-state index in [-0.39, 0.29) is 5.91 Å². The first-order valence-corrected chi connectivity index (χ1v) is 6.29. The van der Waals surface area contributed by atoms with Gasteiger partial charge in [-0.1, -0.05) is 12.2 Å². The predicted molar refractivity (Wildman–Crippen MR) is 78.1 cm³/mol. The zero-order valence-electron chi connectivity index (χ0n) is 10.8. The van der Waals surface area contributed by atoms with Crippen LogP contribution in [0.25, 0.3) is 0 Å². The fourth-order valence-corrected chi connectivity index (χ4v) is 1.49. The summed E-state index contributed by atoms with van der Waals surface area (Å²) in [6.07, 6.45) is 1.98. The summed E-state index contributed by atoms with van der Waals surface area (Å²) in [5.74, 6) is 0.616. The number of hydrogen-bond acceptors (Lipinski definition) is 5. The van der Waals surface area contributed by atoms with Crippen molar-refractivity contribution in [3.05, 3.63) is 23.9 Å². The van der Waals surface area contributed by atoms with Crippen molar-refractivity contribution in [1.29, 1.82) is 0 Å². The van der Waals surface area contributed by atoms with Crippen LogP contribution in [-0.4, -0.2) is 42.7 Å². The van der Waals surface area contributed by atoms with E-state index in [0.717, 1.165) is 5.56 Å². The van der Waals surface area contributed by atoms with Crippen LogP contribution in [0.15, 0.2) is 18.3 Å². The van der Waals surface area contributed by atoms with Gasteiger partial charge in [0.05, 0.1) is 6.61 Å². The minimum absolute atomic E-state index is 0.0324. The number of pyridine rings is 1. The van der Waals surface area contributed by atoms with Gasteiger partial charge in [0, 0.05) is 38.4 Å². The highest BCUT2D eigenvalue weighted by Gasteiger charge is 2.02. The number of rotatable bonds is 8. The molecule has 0 atom stereocenters. The maximum Gasteiger partial charge on any atom is 0.221 e. The lowest BCUT2D eigenvalue weighted by Crippen LogP contribution is -2.28. The molecular formula is C12H18N4O2S. The summed E-state index contributed by atoms with van der Waals surface area (Å²) >= 11 is 4.88. The molecule has 0 spiro atoms. The fourth-order valence-electron chi connectivity index (χ4n) is 1.37. The van der Waals surface area contributed by atoms with Crippen molar-refractivity contribution in [3.8, 4) is 0 Å². The lowest BCUT2D eigenvalue weighted by molar-refractivity contribution is -0.121. The number of nitrogens with two attached hydrogens (primary N) is 1. The summed E-state index contributed by atoms with van der Waals surface area (Å²) < 4.78 is 4.84. The van der Waals surface area contributed by atoms with E-state index in [1.807, 2.05) is 0 Å². The van der Waals surface area contributed by atoms with Gasteiger partial charge < -0.3 is 21.1 Å². The molecule has 0 aliphatic carbocycles. The summed E-state index contributed by atoms with van der Waals surface area (Å²) in [7, 11) is 1.59. The van der Waals surface area contributed by atoms with Crippen LogP contribution in [0.3, 0.4) is 0 Å². The minimum Gasteiger partial charge on any atom is -0.389 e. The summed E-state index contributed by atoms with van der Waals surface area (Å²) in [6.45, 7) is 1.52. The second kappa shape index (κ2) is 8.39. The van der Waals surface area contributed by atoms with Crippen molar-refractivity contribution >= 4 is 28.9 Å². The first-order valence-electron chi connectivity index (χ1n) is 5.89. The normalized spacial score (nSPS) is 9.95. The van der Waals surface area contributed by atoms with E-state index in [0.29, 0.717) is 36.9 Å². The molecule has 0 unspecified atom stereocenters. The fraction of sp³-hybridized carbons (Fsp3) is 0.417. The Morgan fingerprint density at radius 2 is 2.32 bits per heavy atom. The minimum atomic E-state index is -0.0324. The topological polar surface area (TPSA) is 89.3 Å². The van der Waals surface area contributed by atoms with E-state index in [1.165, 1.54) is 0 Å². The molecular weight excluding hydrogens is 264 g/mol. The van der Waals surface area contributed by atoms with Crippen molar-refractivity contribution in [3.63, 3.8) is 0 Å². The van der Waals surface area contributed by atoms with Gasteiger partial charge in [0.2, 0.25) is 5.91 Å². The molecule has 1 amide bonds. The maximum atomic E-state index is 11.4. The van der Waals surface area contributed by atoms with Crippen LogP contribution in [0.1, 0.15) is 12.0 Å². The Morgan fingerprint density at radius 1 is 1.53 bits per heavy atom. The third kappa shape index (κ3) is 6.12. The van der Waals surface area contributed by atoms with E-state index in [9.17, 15) is 4.79 Å². The Balaban J connectivity index is 2.31. The smallest absolute Gasteiger partial charge is 0.221 e. The molecule has 0 radical (unpaired) electrons. The number of amides is 1. The van der Waals surface area contributed by atoms with E-state index < -0.39 is 0 Å². The zero-order chi connectivity index (χ0) is 14.1. The Hall–Kier alpha value is -1.73. The lowest BCUT2D eigenvalue weighted by Gasteiger charge is -2.07. The largest absolute Gasteiger partial charge is 0.389 e.